The number of ether oxygens (including phenoxy) is 2. The number of epoxide rings is 1. The lowest BCUT2D eigenvalue weighted by molar-refractivity contribution is -0.131. The van der Waals surface area contributed by atoms with Crippen LogP contribution < -0.4 is 21.3 Å². The molecule has 0 aliphatic carbocycles. The Labute approximate surface area is 263 Å². The van der Waals surface area contributed by atoms with Crippen molar-refractivity contribution < 1.29 is 28.7 Å². The van der Waals surface area contributed by atoms with Gasteiger partial charge in [0.05, 0.1) is 12.6 Å². The summed E-state index contributed by atoms with van der Waals surface area (Å²) in [6, 6.07) is 20.8. The van der Waals surface area contributed by atoms with E-state index in [1.807, 2.05) is 86.6 Å². The molecule has 4 N–H and O–H groups in total. The molecule has 2 unspecified atom stereocenters. The van der Waals surface area contributed by atoms with Crippen LogP contribution in [0, 0.1) is 11.8 Å². The van der Waals surface area contributed by atoms with Crippen LogP contribution in [0.15, 0.2) is 72.8 Å². The minimum Gasteiger partial charge on any atom is -0.445 e. The van der Waals surface area contributed by atoms with Gasteiger partial charge < -0.3 is 30.7 Å². The molecule has 45 heavy (non-hydrogen) atoms. The van der Waals surface area contributed by atoms with Crippen LogP contribution in [0.4, 0.5) is 4.79 Å². The summed E-state index contributed by atoms with van der Waals surface area (Å²) in [5.74, 6) is -0.934. The van der Waals surface area contributed by atoms with Crippen molar-refractivity contribution in [2.75, 3.05) is 13.2 Å². The highest BCUT2D eigenvalue weighted by atomic mass is 16.6. The van der Waals surface area contributed by atoms with E-state index >= 15 is 0 Å². The van der Waals surface area contributed by atoms with Gasteiger partial charge in [0.25, 0.3) is 0 Å². The van der Waals surface area contributed by atoms with E-state index in [0.29, 0.717) is 32.4 Å². The van der Waals surface area contributed by atoms with Crippen LogP contribution in [0.1, 0.15) is 44.2 Å². The van der Waals surface area contributed by atoms with E-state index in [-0.39, 0.29) is 48.8 Å². The van der Waals surface area contributed by atoms with E-state index in [1.165, 1.54) is 0 Å². The summed E-state index contributed by atoms with van der Waals surface area (Å²) in [5.41, 5.74) is 1.70. The second-order valence-electron chi connectivity index (χ2n) is 12.3. The van der Waals surface area contributed by atoms with Gasteiger partial charge in [-0.05, 0) is 47.1 Å². The molecular formula is C35H42N4O6. The molecule has 2 fully saturated rings. The molecule has 10 heteroatoms. The summed E-state index contributed by atoms with van der Waals surface area (Å²) in [7, 11) is 0. The Kier molecular flexibility index (Phi) is 10.7. The monoisotopic (exact) mass is 614 g/mol. The number of hydrogen-bond acceptors (Lipinski definition) is 6. The van der Waals surface area contributed by atoms with E-state index in [0.717, 1.165) is 21.9 Å². The van der Waals surface area contributed by atoms with Gasteiger partial charge in [-0.2, -0.15) is 0 Å². The van der Waals surface area contributed by atoms with E-state index in [9.17, 15) is 19.2 Å². The SMILES string of the molecule is CC(C)C[C@H](NC(=O)[C@H](Cc1cccc2ccccc12)NC(=O)OCc1ccccc1)C(=O)NC(C[C@@H]1CCNC1=O)C1CO1. The average molecular weight is 615 g/mol. The van der Waals surface area contributed by atoms with Crippen molar-refractivity contribution in [3.63, 3.8) is 0 Å². The summed E-state index contributed by atoms with van der Waals surface area (Å²) in [5, 5.41) is 13.6. The Bertz CT molecular complexity index is 1490. The molecule has 5 atom stereocenters. The summed E-state index contributed by atoms with van der Waals surface area (Å²) in [6.07, 6.45) is 0.885. The summed E-state index contributed by atoms with van der Waals surface area (Å²) in [4.78, 5) is 52.7. The smallest absolute Gasteiger partial charge is 0.408 e. The van der Waals surface area contributed by atoms with Crippen LogP contribution in [0.5, 0.6) is 0 Å². The van der Waals surface area contributed by atoms with Crippen molar-refractivity contribution in [2.45, 2.75) is 70.4 Å². The van der Waals surface area contributed by atoms with Gasteiger partial charge in [-0.1, -0.05) is 86.6 Å². The molecule has 2 saturated heterocycles. The van der Waals surface area contributed by atoms with Crippen LogP contribution in [0.3, 0.4) is 0 Å². The number of nitrogens with one attached hydrogen (secondary N) is 4. The molecule has 0 spiro atoms. The van der Waals surface area contributed by atoms with Crippen molar-refractivity contribution in [1.29, 1.82) is 0 Å². The second kappa shape index (κ2) is 15.0. The first-order chi connectivity index (χ1) is 21.8. The highest BCUT2D eigenvalue weighted by Gasteiger charge is 2.39. The molecule has 3 aromatic rings. The topological polar surface area (TPSA) is 138 Å². The van der Waals surface area contributed by atoms with Crippen LogP contribution in [0.2, 0.25) is 0 Å². The van der Waals surface area contributed by atoms with Crippen molar-refractivity contribution in [3.05, 3.63) is 83.9 Å². The maximum absolute atomic E-state index is 13.9. The van der Waals surface area contributed by atoms with Crippen molar-refractivity contribution >= 4 is 34.6 Å². The molecule has 4 amide bonds. The molecule has 238 valence electrons. The molecule has 2 aliphatic heterocycles. The zero-order valence-corrected chi connectivity index (χ0v) is 25.8. The average Bonchev–Trinajstić information content (AvgIpc) is 3.81. The Morgan fingerprint density at radius 2 is 1.62 bits per heavy atom. The van der Waals surface area contributed by atoms with E-state index < -0.39 is 24.1 Å². The minimum atomic E-state index is -1.01. The number of fused-ring (bicyclic) bond motifs is 1. The quantitative estimate of drug-likeness (QED) is 0.205. The normalized spacial score (nSPS) is 19.3. The number of carbonyl (C=O) groups excluding carboxylic acids is 4. The third-order valence-corrected chi connectivity index (χ3v) is 8.30. The Hall–Kier alpha value is -4.44. The van der Waals surface area contributed by atoms with Gasteiger partial charge in [-0.25, -0.2) is 4.79 Å². The predicted molar refractivity (Wildman–Crippen MR) is 170 cm³/mol. The van der Waals surface area contributed by atoms with Crippen molar-refractivity contribution in [1.82, 2.24) is 21.3 Å². The molecule has 3 aromatic carbocycles. The lowest BCUT2D eigenvalue weighted by atomic mass is 9.95. The number of carbonyl (C=O) groups is 4. The maximum atomic E-state index is 13.9. The largest absolute Gasteiger partial charge is 0.445 e. The van der Waals surface area contributed by atoms with Gasteiger partial charge in [0, 0.05) is 18.9 Å². The molecule has 0 radical (unpaired) electrons. The Morgan fingerprint density at radius 3 is 2.33 bits per heavy atom. The van der Waals surface area contributed by atoms with Gasteiger partial charge >= 0.3 is 6.09 Å². The molecule has 2 aliphatic rings. The second-order valence-corrected chi connectivity index (χ2v) is 12.3. The van der Waals surface area contributed by atoms with Gasteiger partial charge in [0.15, 0.2) is 0 Å². The zero-order chi connectivity index (χ0) is 31.8. The minimum absolute atomic E-state index is 0.0107. The molecule has 0 aromatic heterocycles. The number of alkyl carbamates (subject to hydrolysis) is 1. The van der Waals surface area contributed by atoms with Crippen LogP contribution in [-0.4, -0.2) is 61.2 Å². The Morgan fingerprint density at radius 1 is 0.911 bits per heavy atom. The maximum Gasteiger partial charge on any atom is 0.408 e. The molecule has 10 nitrogen and oxygen atoms in total. The Balaban J connectivity index is 1.31. The lowest BCUT2D eigenvalue weighted by Gasteiger charge is -2.27. The molecule has 5 rings (SSSR count). The van der Waals surface area contributed by atoms with Gasteiger partial charge in [0.1, 0.15) is 24.8 Å². The highest BCUT2D eigenvalue weighted by Crippen LogP contribution is 2.25. The predicted octanol–water partition coefficient (Wildman–Crippen LogP) is 3.62. The fourth-order valence-electron chi connectivity index (χ4n) is 5.83. The van der Waals surface area contributed by atoms with Gasteiger partial charge in [0.2, 0.25) is 17.7 Å². The van der Waals surface area contributed by atoms with E-state index in [2.05, 4.69) is 21.3 Å². The summed E-state index contributed by atoms with van der Waals surface area (Å²) < 4.78 is 11.0. The molecular weight excluding hydrogens is 572 g/mol. The first-order valence-corrected chi connectivity index (χ1v) is 15.7. The van der Waals surface area contributed by atoms with Crippen molar-refractivity contribution in [3.8, 4) is 0 Å². The zero-order valence-electron chi connectivity index (χ0n) is 25.8. The van der Waals surface area contributed by atoms with Crippen LogP contribution in [-0.2, 0) is 36.9 Å². The van der Waals surface area contributed by atoms with Crippen LogP contribution in [0.25, 0.3) is 10.8 Å². The fourth-order valence-corrected chi connectivity index (χ4v) is 5.83. The number of benzene rings is 3. The first-order valence-electron chi connectivity index (χ1n) is 15.7. The van der Waals surface area contributed by atoms with Crippen LogP contribution >= 0.6 is 0 Å². The molecule has 0 bridgehead atoms. The summed E-state index contributed by atoms with van der Waals surface area (Å²) in [6.45, 7) is 5.15. The fraction of sp³-hybridized carbons (Fsp3) is 0.429. The number of rotatable bonds is 14. The van der Waals surface area contributed by atoms with E-state index in [4.69, 9.17) is 9.47 Å². The van der Waals surface area contributed by atoms with Gasteiger partial charge in [-0.3, -0.25) is 14.4 Å². The third-order valence-electron chi connectivity index (χ3n) is 8.30. The molecule has 0 saturated carbocycles. The molecule has 2 heterocycles. The standard InChI is InChI=1S/C35H42N4O6/c1-22(2)17-29(33(41)37-28(31-21-44-31)19-26-15-16-36-32(26)40)38-34(42)30(39-35(43)45-20-23-9-4-3-5-10-23)18-25-13-8-12-24-11-6-7-14-27(24)25/h3-14,22,26,28-31H,15-21H2,1-2H3,(H,36,40)(H,37,41)(H,38,42)(H,39,43)/t26-,28?,29-,30-,31?/m0/s1. The number of amides is 4. The van der Waals surface area contributed by atoms with Gasteiger partial charge in [-0.15, -0.1) is 0 Å². The third kappa shape index (κ3) is 9.04. The number of hydrogen-bond donors (Lipinski definition) is 4. The summed E-state index contributed by atoms with van der Waals surface area (Å²) >= 11 is 0. The highest BCUT2D eigenvalue weighted by molar-refractivity contribution is 5.93. The first kappa shape index (κ1) is 32.0. The van der Waals surface area contributed by atoms with Crippen molar-refractivity contribution in [2.24, 2.45) is 11.8 Å². The lowest BCUT2D eigenvalue weighted by Crippen LogP contribution is -2.56. The van der Waals surface area contributed by atoms with E-state index in [1.54, 1.807) is 0 Å².